The summed E-state index contributed by atoms with van der Waals surface area (Å²) in [5.41, 5.74) is 0.491. The van der Waals surface area contributed by atoms with Crippen LogP contribution in [0.25, 0.3) is 0 Å². The van der Waals surface area contributed by atoms with Crippen molar-refractivity contribution in [3.63, 3.8) is 0 Å². The lowest BCUT2D eigenvalue weighted by Crippen LogP contribution is -2.16. The maximum atomic E-state index is 14.4. The molecule has 1 saturated carbocycles. The molecule has 1 amide bonds. The van der Waals surface area contributed by atoms with Crippen LogP contribution in [-0.2, 0) is 0 Å². The number of carbonyl (C=O) groups excluding carboxylic acids is 1. The Kier molecular flexibility index (Phi) is 5.58. The van der Waals surface area contributed by atoms with Crippen molar-refractivity contribution in [3.8, 4) is 11.5 Å². The van der Waals surface area contributed by atoms with E-state index in [2.05, 4.69) is 21.2 Å². The number of carbonyl (C=O) groups is 1. The molecule has 0 heterocycles. The summed E-state index contributed by atoms with van der Waals surface area (Å²) >= 11 is 3.36. The number of para-hydroxylation sites is 1. The van der Waals surface area contributed by atoms with Crippen molar-refractivity contribution in [2.45, 2.75) is 31.8 Å². The number of anilines is 1. The Morgan fingerprint density at radius 2 is 1.92 bits per heavy atom. The van der Waals surface area contributed by atoms with Crippen LogP contribution in [0.3, 0.4) is 0 Å². The zero-order chi connectivity index (χ0) is 17.8. The summed E-state index contributed by atoms with van der Waals surface area (Å²) < 4.78 is 26.2. The van der Waals surface area contributed by atoms with E-state index < -0.39 is 11.7 Å². The molecule has 1 fully saturated rings. The van der Waals surface area contributed by atoms with Gasteiger partial charge in [-0.15, -0.1) is 0 Å². The number of halogens is 2. The van der Waals surface area contributed by atoms with Crippen LogP contribution >= 0.6 is 15.9 Å². The lowest BCUT2D eigenvalue weighted by atomic mass is 10.1. The second kappa shape index (κ2) is 7.87. The van der Waals surface area contributed by atoms with Crippen molar-refractivity contribution in [3.05, 3.63) is 52.3 Å². The van der Waals surface area contributed by atoms with Gasteiger partial charge in [-0.25, -0.2) is 4.39 Å². The monoisotopic (exact) mass is 407 g/mol. The molecule has 0 atom stereocenters. The van der Waals surface area contributed by atoms with E-state index in [0.717, 1.165) is 30.2 Å². The standard InChI is InChI=1S/C19H19BrFNO3/c1-24-17-11-15(21)13(10-18(17)25-12-6-2-3-7-12)19(23)22-16-9-5-4-8-14(16)20/h4-5,8-12H,2-3,6-7H2,1H3,(H,22,23). The van der Waals surface area contributed by atoms with Gasteiger partial charge in [-0.2, -0.15) is 0 Å². The highest BCUT2D eigenvalue weighted by Crippen LogP contribution is 2.34. The molecule has 1 N–H and O–H groups in total. The molecule has 0 unspecified atom stereocenters. The van der Waals surface area contributed by atoms with Gasteiger partial charge in [-0.1, -0.05) is 12.1 Å². The highest BCUT2D eigenvalue weighted by Gasteiger charge is 2.22. The summed E-state index contributed by atoms with van der Waals surface area (Å²) in [6.07, 6.45) is 4.23. The van der Waals surface area contributed by atoms with E-state index >= 15 is 0 Å². The number of hydrogen-bond acceptors (Lipinski definition) is 3. The van der Waals surface area contributed by atoms with Gasteiger partial charge in [0.25, 0.3) is 5.91 Å². The predicted octanol–water partition coefficient (Wildman–Crippen LogP) is 5.17. The van der Waals surface area contributed by atoms with Crippen LogP contribution in [0.5, 0.6) is 11.5 Å². The molecule has 0 spiro atoms. The van der Waals surface area contributed by atoms with Gasteiger partial charge in [0.15, 0.2) is 11.5 Å². The number of benzene rings is 2. The normalized spacial score (nSPS) is 14.4. The average Bonchev–Trinajstić information content (AvgIpc) is 3.11. The second-order valence-electron chi connectivity index (χ2n) is 5.94. The van der Waals surface area contributed by atoms with Crippen molar-refractivity contribution in [2.24, 2.45) is 0 Å². The third kappa shape index (κ3) is 4.12. The van der Waals surface area contributed by atoms with Gasteiger partial charge < -0.3 is 14.8 Å². The minimum absolute atomic E-state index is 0.0791. The Bertz CT molecular complexity index is 775. The fourth-order valence-electron chi connectivity index (χ4n) is 2.90. The van der Waals surface area contributed by atoms with E-state index in [9.17, 15) is 9.18 Å². The summed E-state index contributed by atoms with van der Waals surface area (Å²) in [6, 6.07) is 9.77. The van der Waals surface area contributed by atoms with Crippen LogP contribution in [0.4, 0.5) is 10.1 Å². The largest absolute Gasteiger partial charge is 0.493 e. The molecule has 6 heteroatoms. The van der Waals surface area contributed by atoms with E-state index in [1.165, 1.54) is 19.2 Å². The van der Waals surface area contributed by atoms with Crippen molar-refractivity contribution in [1.82, 2.24) is 0 Å². The molecule has 0 radical (unpaired) electrons. The summed E-state index contributed by atoms with van der Waals surface area (Å²) in [6.45, 7) is 0. The quantitative estimate of drug-likeness (QED) is 0.743. The first-order chi connectivity index (χ1) is 12.1. The summed E-state index contributed by atoms with van der Waals surface area (Å²) in [7, 11) is 1.46. The maximum absolute atomic E-state index is 14.4. The maximum Gasteiger partial charge on any atom is 0.258 e. The van der Waals surface area contributed by atoms with Gasteiger partial charge >= 0.3 is 0 Å². The van der Waals surface area contributed by atoms with E-state index in [-0.39, 0.29) is 11.7 Å². The SMILES string of the molecule is COc1cc(F)c(C(=O)Nc2ccccc2Br)cc1OC1CCCC1. The van der Waals surface area contributed by atoms with Crippen molar-refractivity contribution < 1.29 is 18.7 Å². The Labute approximate surface area is 154 Å². The van der Waals surface area contributed by atoms with Gasteiger partial charge in [-0.3, -0.25) is 4.79 Å². The molecule has 0 aliphatic heterocycles. The summed E-state index contributed by atoms with van der Waals surface area (Å²) in [4.78, 5) is 12.5. The molecule has 4 nitrogen and oxygen atoms in total. The zero-order valence-corrected chi connectivity index (χ0v) is 15.4. The van der Waals surface area contributed by atoms with Crippen LogP contribution in [0.1, 0.15) is 36.0 Å². The number of ether oxygens (including phenoxy) is 2. The minimum atomic E-state index is -0.653. The molecule has 0 bridgehead atoms. The predicted molar refractivity (Wildman–Crippen MR) is 97.9 cm³/mol. The fourth-order valence-corrected chi connectivity index (χ4v) is 3.28. The fraction of sp³-hybridized carbons (Fsp3) is 0.316. The van der Waals surface area contributed by atoms with Gasteiger partial charge in [0.05, 0.1) is 24.5 Å². The van der Waals surface area contributed by atoms with Crippen LogP contribution in [0.15, 0.2) is 40.9 Å². The van der Waals surface area contributed by atoms with Crippen LogP contribution in [0.2, 0.25) is 0 Å². The average molecular weight is 408 g/mol. The first-order valence-electron chi connectivity index (χ1n) is 8.18. The molecule has 0 saturated heterocycles. The first-order valence-corrected chi connectivity index (χ1v) is 8.98. The molecule has 3 rings (SSSR count). The third-order valence-electron chi connectivity index (χ3n) is 4.22. The molecule has 2 aromatic rings. The third-order valence-corrected chi connectivity index (χ3v) is 4.91. The van der Waals surface area contributed by atoms with Gasteiger partial charge in [0.1, 0.15) is 5.82 Å². The van der Waals surface area contributed by atoms with Crippen LogP contribution in [-0.4, -0.2) is 19.1 Å². The number of amides is 1. The van der Waals surface area contributed by atoms with E-state index in [0.29, 0.717) is 17.2 Å². The summed E-state index contributed by atoms with van der Waals surface area (Å²) in [5.74, 6) is -0.501. The van der Waals surface area contributed by atoms with E-state index in [1.54, 1.807) is 18.2 Å². The minimum Gasteiger partial charge on any atom is -0.493 e. The Hall–Kier alpha value is -2.08. The topological polar surface area (TPSA) is 47.6 Å². The molecular weight excluding hydrogens is 389 g/mol. The number of hydrogen-bond donors (Lipinski definition) is 1. The van der Waals surface area contributed by atoms with E-state index in [1.807, 2.05) is 6.07 Å². The molecule has 0 aromatic heterocycles. The van der Waals surface area contributed by atoms with Gasteiger partial charge in [-0.05, 0) is 59.8 Å². The van der Waals surface area contributed by atoms with Crippen molar-refractivity contribution in [2.75, 3.05) is 12.4 Å². The Morgan fingerprint density at radius 3 is 2.60 bits per heavy atom. The molecule has 2 aromatic carbocycles. The number of nitrogens with one attached hydrogen (secondary N) is 1. The second-order valence-corrected chi connectivity index (χ2v) is 6.80. The molecule has 25 heavy (non-hydrogen) atoms. The lowest BCUT2D eigenvalue weighted by molar-refractivity contribution is 0.102. The van der Waals surface area contributed by atoms with Crippen molar-refractivity contribution >= 4 is 27.5 Å². The zero-order valence-electron chi connectivity index (χ0n) is 13.9. The van der Waals surface area contributed by atoms with E-state index in [4.69, 9.17) is 9.47 Å². The number of methoxy groups -OCH3 is 1. The molecule has 132 valence electrons. The van der Waals surface area contributed by atoms with Crippen LogP contribution in [0, 0.1) is 5.82 Å². The molecular formula is C19H19BrFNO3. The number of rotatable bonds is 5. The Balaban J connectivity index is 1.86. The van der Waals surface area contributed by atoms with Gasteiger partial charge in [0, 0.05) is 10.5 Å². The lowest BCUT2D eigenvalue weighted by Gasteiger charge is -2.17. The molecule has 1 aliphatic carbocycles. The molecule has 1 aliphatic rings. The first kappa shape index (κ1) is 17.7. The summed E-state index contributed by atoms with van der Waals surface area (Å²) in [5, 5.41) is 2.70. The van der Waals surface area contributed by atoms with Crippen LogP contribution < -0.4 is 14.8 Å². The van der Waals surface area contributed by atoms with Gasteiger partial charge in [0.2, 0.25) is 0 Å². The highest BCUT2D eigenvalue weighted by atomic mass is 79.9. The smallest absolute Gasteiger partial charge is 0.258 e. The van der Waals surface area contributed by atoms with Crippen molar-refractivity contribution in [1.29, 1.82) is 0 Å². The highest BCUT2D eigenvalue weighted by molar-refractivity contribution is 9.10. The Morgan fingerprint density at radius 1 is 1.20 bits per heavy atom.